The zero-order valence-electron chi connectivity index (χ0n) is 17.4. The number of benzene rings is 1. The summed E-state index contributed by atoms with van der Waals surface area (Å²) in [5.74, 6) is 2.73. The van der Waals surface area contributed by atoms with Crippen LogP contribution in [0.15, 0.2) is 24.3 Å². The van der Waals surface area contributed by atoms with Gasteiger partial charge in [0, 0.05) is 31.9 Å². The molecule has 5 rings (SSSR count). The molecule has 152 valence electrons. The third kappa shape index (κ3) is 4.09. The maximum atomic E-state index is 12.6. The van der Waals surface area contributed by atoms with Crippen molar-refractivity contribution < 1.29 is 9.59 Å². The van der Waals surface area contributed by atoms with Gasteiger partial charge in [0.25, 0.3) is 5.91 Å². The van der Waals surface area contributed by atoms with Crippen molar-refractivity contribution in [3.05, 3.63) is 29.8 Å². The number of nitrogens with one attached hydrogen (secondary N) is 1. The molecule has 0 radical (unpaired) electrons. The van der Waals surface area contributed by atoms with E-state index in [0.29, 0.717) is 23.2 Å². The highest BCUT2D eigenvalue weighted by molar-refractivity contribution is 5.97. The van der Waals surface area contributed by atoms with Crippen molar-refractivity contribution in [3.8, 4) is 0 Å². The molecule has 4 fully saturated rings. The standard InChI is InChI=1S/C23H33N3O2/c1-25(2)22(28)19-5-4-6-20(10-19)24-21(27)14-26(3)15-23-11-16-7-17(12-23)9-18(8-16)13-23/h4-6,10,16-18H,7-9,11-15H2,1-3H3,(H,24,27). The molecule has 28 heavy (non-hydrogen) atoms. The van der Waals surface area contributed by atoms with Crippen molar-refractivity contribution in [1.29, 1.82) is 0 Å². The molecule has 1 N–H and O–H groups in total. The van der Waals surface area contributed by atoms with Crippen LogP contribution in [0, 0.1) is 23.2 Å². The van der Waals surface area contributed by atoms with E-state index < -0.39 is 0 Å². The number of amides is 2. The number of nitrogens with zero attached hydrogens (tertiary/aromatic N) is 2. The molecule has 0 atom stereocenters. The van der Waals surface area contributed by atoms with Crippen LogP contribution in [0.5, 0.6) is 0 Å². The van der Waals surface area contributed by atoms with Gasteiger partial charge in [-0.25, -0.2) is 0 Å². The van der Waals surface area contributed by atoms with Crippen molar-refractivity contribution in [2.24, 2.45) is 23.2 Å². The Morgan fingerprint density at radius 1 is 1.04 bits per heavy atom. The largest absolute Gasteiger partial charge is 0.345 e. The van der Waals surface area contributed by atoms with E-state index in [0.717, 1.165) is 24.3 Å². The summed E-state index contributed by atoms with van der Waals surface area (Å²) in [6.07, 6.45) is 8.43. The zero-order chi connectivity index (χ0) is 19.9. The Hall–Kier alpha value is -1.88. The van der Waals surface area contributed by atoms with Crippen LogP contribution in [-0.4, -0.2) is 55.8 Å². The fourth-order valence-corrected chi connectivity index (χ4v) is 6.55. The lowest BCUT2D eigenvalue weighted by Crippen LogP contribution is -2.51. The lowest BCUT2D eigenvalue weighted by Gasteiger charge is -2.57. The second-order valence-electron chi connectivity index (χ2n) is 9.92. The summed E-state index contributed by atoms with van der Waals surface area (Å²) in [7, 11) is 5.53. The smallest absolute Gasteiger partial charge is 0.253 e. The van der Waals surface area contributed by atoms with Gasteiger partial charge in [0.2, 0.25) is 5.91 Å². The van der Waals surface area contributed by atoms with Gasteiger partial charge in [0.15, 0.2) is 0 Å². The van der Waals surface area contributed by atoms with Gasteiger partial charge in [-0.15, -0.1) is 0 Å². The third-order valence-corrected chi connectivity index (χ3v) is 6.98. The average Bonchev–Trinajstić information content (AvgIpc) is 2.59. The Kier molecular flexibility index (Phi) is 5.21. The molecule has 5 heteroatoms. The Morgan fingerprint density at radius 3 is 2.21 bits per heavy atom. The molecule has 0 spiro atoms. The Bertz CT molecular complexity index is 723. The molecule has 4 aliphatic carbocycles. The highest BCUT2D eigenvalue weighted by Crippen LogP contribution is 2.60. The highest BCUT2D eigenvalue weighted by Gasteiger charge is 2.51. The summed E-state index contributed by atoms with van der Waals surface area (Å²) in [6, 6.07) is 7.17. The van der Waals surface area contributed by atoms with Crippen LogP contribution in [0.4, 0.5) is 5.69 Å². The normalized spacial score (nSPS) is 30.5. The van der Waals surface area contributed by atoms with Gasteiger partial charge >= 0.3 is 0 Å². The highest BCUT2D eigenvalue weighted by atomic mass is 16.2. The molecular formula is C23H33N3O2. The second-order valence-corrected chi connectivity index (χ2v) is 9.92. The summed E-state index contributed by atoms with van der Waals surface area (Å²) in [5.41, 5.74) is 1.72. The molecule has 0 aliphatic heterocycles. The van der Waals surface area contributed by atoms with E-state index in [1.54, 1.807) is 31.1 Å². The molecule has 0 unspecified atom stereocenters. The van der Waals surface area contributed by atoms with Crippen LogP contribution in [-0.2, 0) is 4.79 Å². The average molecular weight is 384 g/mol. The quantitative estimate of drug-likeness (QED) is 0.818. The minimum atomic E-state index is -0.0602. The van der Waals surface area contributed by atoms with Crippen LogP contribution in [0.1, 0.15) is 48.9 Å². The number of carbonyl (C=O) groups excluding carboxylic acids is 2. The molecule has 0 heterocycles. The van der Waals surface area contributed by atoms with Crippen LogP contribution in [0.2, 0.25) is 0 Å². The van der Waals surface area contributed by atoms with E-state index in [9.17, 15) is 9.59 Å². The van der Waals surface area contributed by atoms with Crippen LogP contribution >= 0.6 is 0 Å². The Morgan fingerprint density at radius 2 is 1.64 bits per heavy atom. The molecule has 0 aromatic heterocycles. The van der Waals surface area contributed by atoms with Gasteiger partial charge in [-0.1, -0.05) is 6.07 Å². The van der Waals surface area contributed by atoms with E-state index in [4.69, 9.17) is 0 Å². The van der Waals surface area contributed by atoms with E-state index in [-0.39, 0.29) is 11.8 Å². The van der Waals surface area contributed by atoms with Gasteiger partial charge < -0.3 is 10.2 Å². The van der Waals surface area contributed by atoms with Crippen molar-refractivity contribution in [2.45, 2.75) is 38.5 Å². The Labute approximate surface area is 168 Å². The summed E-state index contributed by atoms with van der Waals surface area (Å²) >= 11 is 0. The molecule has 0 saturated heterocycles. The molecule has 1 aromatic rings. The number of carbonyl (C=O) groups is 2. The lowest BCUT2D eigenvalue weighted by atomic mass is 9.49. The van der Waals surface area contributed by atoms with Crippen LogP contribution < -0.4 is 5.32 Å². The van der Waals surface area contributed by atoms with Gasteiger partial charge in [-0.05, 0) is 86.9 Å². The molecule has 4 bridgehead atoms. The van der Waals surface area contributed by atoms with Gasteiger partial charge in [-0.3, -0.25) is 14.5 Å². The summed E-state index contributed by atoms with van der Waals surface area (Å²) in [4.78, 5) is 28.4. The van der Waals surface area contributed by atoms with E-state index >= 15 is 0 Å². The van der Waals surface area contributed by atoms with Gasteiger partial charge in [0.05, 0.1) is 6.54 Å². The number of anilines is 1. The maximum Gasteiger partial charge on any atom is 0.253 e. The molecule has 5 nitrogen and oxygen atoms in total. The second kappa shape index (κ2) is 7.51. The summed E-state index contributed by atoms with van der Waals surface area (Å²) in [5, 5.41) is 2.96. The first-order valence-electron chi connectivity index (χ1n) is 10.6. The third-order valence-electron chi connectivity index (χ3n) is 6.98. The SMILES string of the molecule is CN(CC(=O)Nc1cccc(C(=O)N(C)C)c1)CC12CC3CC(CC(C3)C1)C2. The first-order valence-corrected chi connectivity index (χ1v) is 10.6. The van der Waals surface area contributed by atoms with E-state index in [1.165, 1.54) is 38.5 Å². The van der Waals surface area contributed by atoms with Gasteiger partial charge in [-0.2, -0.15) is 0 Å². The lowest BCUT2D eigenvalue weighted by molar-refractivity contribution is -0.118. The predicted molar refractivity (Wildman–Crippen MR) is 111 cm³/mol. The van der Waals surface area contributed by atoms with E-state index in [1.807, 2.05) is 12.1 Å². The monoisotopic (exact) mass is 383 g/mol. The van der Waals surface area contributed by atoms with Crippen LogP contribution in [0.3, 0.4) is 0 Å². The molecule has 1 aromatic carbocycles. The molecular weight excluding hydrogens is 350 g/mol. The Balaban J connectivity index is 1.33. The van der Waals surface area contributed by atoms with Crippen molar-refractivity contribution in [2.75, 3.05) is 39.5 Å². The van der Waals surface area contributed by atoms with Gasteiger partial charge in [0.1, 0.15) is 0 Å². The van der Waals surface area contributed by atoms with E-state index in [2.05, 4.69) is 17.3 Å². The topological polar surface area (TPSA) is 52.7 Å². The number of hydrogen-bond acceptors (Lipinski definition) is 3. The molecule has 2 amide bonds. The first kappa shape index (κ1) is 19.4. The zero-order valence-corrected chi connectivity index (χ0v) is 17.4. The predicted octanol–water partition coefficient (Wildman–Crippen LogP) is 3.48. The van der Waals surface area contributed by atoms with Crippen molar-refractivity contribution >= 4 is 17.5 Å². The molecule has 4 saturated carbocycles. The van der Waals surface area contributed by atoms with Crippen molar-refractivity contribution in [1.82, 2.24) is 9.80 Å². The minimum Gasteiger partial charge on any atom is -0.345 e. The van der Waals surface area contributed by atoms with Crippen molar-refractivity contribution in [3.63, 3.8) is 0 Å². The first-order chi connectivity index (χ1) is 13.3. The minimum absolute atomic E-state index is 0.0123. The number of likely N-dealkylation sites (N-methyl/N-ethyl adjacent to an activating group) is 1. The number of rotatable bonds is 6. The summed E-state index contributed by atoms with van der Waals surface area (Å²) < 4.78 is 0. The molecule has 4 aliphatic rings. The number of hydrogen-bond donors (Lipinski definition) is 1. The van der Waals surface area contributed by atoms with Crippen LogP contribution in [0.25, 0.3) is 0 Å². The fraction of sp³-hybridized carbons (Fsp3) is 0.652. The summed E-state index contributed by atoms with van der Waals surface area (Å²) in [6.45, 7) is 1.43. The maximum absolute atomic E-state index is 12.6. The fourth-order valence-electron chi connectivity index (χ4n) is 6.55.